The van der Waals surface area contributed by atoms with Crippen LogP contribution < -0.4 is 10.1 Å². The molecule has 0 bridgehead atoms. The largest absolute Gasteiger partial charge is 0.491 e. The number of hydrogen-bond acceptors (Lipinski definition) is 3. The van der Waals surface area contributed by atoms with E-state index in [1.54, 1.807) is 24.3 Å². The van der Waals surface area contributed by atoms with Crippen LogP contribution in [0.25, 0.3) is 0 Å². The van der Waals surface area contributed by atoms with E-state index in [1.165, 1.54) is 0 Å². The van der Waals surface area contributed by atoms with Crippen molar-refractivity contribution in [3.05, 3.63) is 64.1 Å². The molecule has 2 amide bonds. The molecule has 0 unspecified atom stereocenters. The highest BCUT2D eigenvalue weighted by Gasteiger charge is 2.29. The molecule has 2 aromatic carbocycles. The van der Waals surface area contributed by atoms with Gasteiger partial charge in [0.05, 0.1) is 6.04 Å². The summed E-state index contributed by atoms with van der Waals surface area (Å²) in [5.41, 5.74) is 1.30. The molecule has 1 fully saturated rings. The van der Waals surface area contributed by atoms with Crippen LogP contribution in [-0.4, -0.2) is 41.9 Å². The van der Waals surface area contributed by atoms with E-state index >= 15 is 0 Å². The Bertz CT molecular complexity index is 819. The summed E-state index contributed by atoms with van der Waals surface area (Å²) in [6, 6.07) is 14.7. The molecule has 148 valence electrons. The zero-order valence-electron chi connectivity index (χ0n) is 16.2. The third-order valence-electron chi connectivity index (χ3n) is 4.71. The Hall–Kier alpha value is -2.34. The molecule has 0 spiro atoms. The van der Waals surface area contributed by atoms with Crippen molar-refractivity contribution in [2.75, 3.05) is 13.2 Å². The molecule has 1 atom stereocenters. The lowest BCUT2D eigenvalue weighted by Crippen LogP contribution is -2.39. The van der Waals surface area contributed by atoms with Crippen molar-refractivity contribution >= 4 is 27.7 Å². The Balaban J connectivity index is 1.58. The van der Waals surface area contributed by atoms with Crippen LogP contribution in [0.1, 0.15) is 47.4 Å². The first-order valence-electron chi connectivity index (χ1n) is 9.54. The average Bonchev–Trinajstić information content (AvgIpc) is 3.15. The second kappa shape index (κ2) is 9.24. The Morgan fingerprint density at radius 2 is 1.75 bits per heavy atom. The van der Waals surface area contributed by atoms with E-state index in [9.17, 15) is 9.59 Å². The molecule has 5 nitrogen and oxygen atoms in total. The van der Waals surface area contributed by atoms with Gasteiger partial charge in [0.15, 0.2) is 0 Å². The highest BCUT2D eigenvalue weighted by atomic mass is 79.9. The van der Waals surface area contributed by atoms with Gasteiger partial charge in [-0.25, -0.2) is 0 Å². The highest BCUT2D eigenvalue weighted by molar-refractivity contribution is 9.10. The Kier molecular flexibility index (Phi) is 6.73. The van der Waals surface area contributed by atoms with Crippen molar-refractivity contribution in [1.82, 2.24) is 10.2 Å². The topological polar surface area (TPSA) is 58.6 Å². The number of carbonyl (C=O) groups excluding carboxylic acids is 2. The van der Waals surface area contributed by atoms with Crippen molar-refractivity contribution in [1.29, 1.82) is 0 Å². The van der Waals surface area contributed by atoms with Crippen molar-refractivity contribution < 1.29 is 14.3 Å². The van der Waals surface area contributed by atoms with Crippen molar-refractivity contribution in [3.8, 4) is 5.75 Å². The summed E-state index contributed by atoms with van der Waals surface area (Å²) >= 11 is 3.40. The predicted molar refractivity (Wildman–Crippen MR) is 113 cm³/mol. The van der Waals surface area contributed by atoms with E-state index in [1.807, 2.05) is 43.0 Å². The van der Waals surface area contributed by atoms with Crippen molar-refractivity contribution in [2.24, 2.45) is 0 Å². The van der Waals surface area contributed by atoms with Crippen LogP contribution in [0.4, 0.5) is 0 Å². The molecule has 0 radical (unpaired) electrons. The standard InChI is InChI=1S/C22H25BrN2O3/c1-15(2)24-21(26)16-7-11-20(12-8-16)28-14-19-4-3-13-25(19)22(27)17-5-9-18(23)10-6-17/h5-12,15,19H,3-4,13-14H2,1-2H3,(H,24,26)/t19-/m1/s1. The molecule has 0 aromatic heterocycles. The molecule has 1 aliphatic rings. The number of ether oxygens (including phenoxy) is 1. The van der Waals surface area contributed by atoms with Gasteiger partial charge < -0.3 is 15.0 Å². The molecule has 0 saturated carbocycles. The number of nitrogens with zero attached hydrogens (tertiary/aromatic N) is 1. The number of rotatable bonds is 6. The molecule has 1 saturated heterocycles. The van der Waals surface area contributed by atoms with E-state index in [4.69, 9.17) is 4.74 Å². The van der Waals surface area contributed by atoms with Crippen molar-refractivity contribution in [2.45, 2.75) is 38.8 Å². The number of benzene rings is 2. The molecule has 2 aromatic rings. The quantitative estimate of drug-likeness (QED) is 0.723. The lowest BCUT2D eigenvalue weighted by atomic mass is 10.1. The minimum atomic E-state index is -0.0939. The fourth-order valence-corrected chi connectivity index (χ4v) is 3.54. The minimum Gasteiger partial charge on any atom is -0.491 e. The van der Waals surface area contributed by atoms with Crippen LogP contribution in [-0.2, 0) is 0 Å². The van der Waals surface area contributed by atoms with Crippen LogP contribution in [0.3, 0.4) is 0 Å². The highest BCUT2D eigenvalue weighted by Crippen LogP contribution is 2.22. The van der Waals surface area contributed by atoms with Crippen LogP contribution in [0.2, 0.25) is 0 Å². The van der Waals surface area contributed by atoms with Gasteiger partial charge in [-0.05, 0) is 75.2 Å². The third kappa shape index (κ3) is 5.13. The molecular weight excluding hydrogens is 420 g/mol. The maximum atomic E-state index is 12.8. The molecule has 28 heavy (non-hydrogen) atoms. The summed E-state index contributed by atoms with van der Waals surface area (Å²) in [6.07, 6.45) is 1.90. The number of halogens is 1. The summed E-state index contributed by atoms with van der Waals surface area (Å²) in [7, 11) is 0. The number of nitrogens with one attached hydrogen (secondary N) is 1. The maximum absolute atomic E-state index is 12.8. The van der Waals surface area contributed by atoms with E-state index in [0.717, 1.165) is 23.9 Å². The zero-order chi connectivity index (χ0) is 20.1. The number of carbonyl (C=O) groups is 2. The second-order valence-corrected chi connectivity index (χ2v) is 8.18. The Morgan fingerprint density at radius 1 is 1.11 bits per heavy atom. The molecule has 0 aliphatic carbocycles. The summed E-state index contributed by atoms with van der Waals surface area (Å²) in [4.78, 5) is 26.7. The van der Waals surface area contributed by atoms with Crippen LogP contribution in [0.15, 0.2) is 53.0 Å². The lowest BCUT2D eigenvalue weighted by Gasteiger charge is -2.25. The molecule has 3 rings (SSSR count). The first kappa shape index (κ1) is 20.4. The average molecular weight is 445 g/mol. The summed E-state index contributed by atoms with van der Waals surface area (Å²) in [6.45, 7) is 5.05. The van der Waals surface area contributed by atoms with E-state index in [0.29, 0.717) is 23.5 Å². The Labute approximate surface area is 174 Å². The molecular formula is C22H25BrN2O3. The number of likely N-dealkylation sites (tertiary alicyclic amines) is 1. The van der Waals surface area contributed by atoms with Gasteiger partial charge in [0.1, 0.15) is 12.4 Å². The van der Waals surface area contributed by atoms with Crippen molar-refractivity contribution in [3.63, 3.8) is 0 Å². The minimum absolute atomic E-state index is 0.0410. The molecule has 1 N–H and O–H groups in total. The molecule has 1 aliphatic heterocycles. The van der Waals surface area contributed by atoms with Crippen LogP contribution >= 0.6 is 15.9 Å². The van der Waals surface area contributed by atoms with Gasteiger partial charge in [0.25, 0.3) is 11.8 Å². The van der Waals surface area contributed by atoms with Crippen LogP contribution in [0, 0.1) is 0 Å². The first-order valence-corrected chi connectivity index (χ1v) is 10.3. The normalized spacial score (nSPS) is 16.3. The number of hydrogen-bond donors (Lipinski definition) is 1. The first-order chi connectivity index (χ1) is 13.4. The number of amides is 2. The fourth-order valence-electron chi connectivity index (χ4n) is 3.28. The summed E-state index contributed by atoms with van der Waals surface area (Å²) in [5.74, 6) is 0.645. The maximum Gasteiger partial charge on any atom is 0.254 e. The van der Waals surface area contributed by atoms with Gasteiger partial charge in [-0.2, -0.15) is 0 Å². The van der Waals surface area contributed by atoms with Gasteiger partial charge >= 0.3 is 0 Å². The summed E-state index contributed by atoms with van der Waals surface area (Å²) < 4.78 is 6.86. The second-order valence-electron chi connectivity index (χ2n) is 7.27. The lowest BCUT2D eigenvalue weighted by molar-refractivity contribution is 0.0691. The van der Waals surface area contributed by atoms with Gasteiger partial charge in [0.2, 0.25) is 0 Å². The van der Waals surface area contributed by atoms with E-state index in [2.05, 4.69) is 21.2 Å². The predicted octanol–water partition coefficient (Wildman–Crippen LogP) is 4.27. The fraction of sp³-hybridized carbons (Fsp3) is 0.364. The van der Waals surface area contributed by atoms with Gasteiger partial charge in [-0.1, -0.05) is 15.9 Å². The van der Waals surface area contributed by atoms with Gasteiger partial charge in [0, 0.05) is 28.2 Å². The molecule has 6 heteroatoms. The van der Waals surface area contributed by atoms with Crippen LogP contribution in [0.5, 0.6) is 5.75 Å². The van der Waals surface area contributed by atoms with Gasteiger partial charge in [-0.3, -0.25) is 9.59 Å². The monoisotopic (exact) mass is 444 g/mol. The zero-order valence-corrected chi connectivity index (χ0v) is 17.7. The SMILES string of the molecule is CC(C)NC(=O)c1ccc(OC[C@H]2CCCN2C(=O)c2ccc(Br)cc2)cc1. The molecule has 1 heterocycles. The summed E-state index contributed by atoms with van der Waals surface area (Å²) in [5, 5.41) is 2.87. The van der Waals surface area contributed by atoms with E-state index in [-0.39, 0.29) is 23.9 Å². The Morgan fingerprint density at radius 3 is 2.39 bits per heavy atom. The van der Waals surface area contributed by atoms with Gasteiger partial charge in [-0.15, -0.1) is 0 Å². The van der Waals surface area contributed by atoms with E-state index < -0.39 is 0 Å². The smallest absolute Gasteiger partial charge is 0.254 e. The third-order valence-corrected chi connectivity index (χ3v) is 5.24.